The van der Waals surface area contributed by atoms with Gasteiger partial charge in [-0.1, -0.05) is 29.8 Å². The molecule has 0 spiro atoms. The molecule has 2 fully saturated rings. The van der Waals surface area contributed by atoms with Crippen molar-refractivity contribution in [3.63, 3.8) is 0 Å². The van der Waals surface area contributed by atoms with Gasteiger partial charge in [0.15, 0.2) is 0 Å². The lowest BCUT2D eigenvalue weighted by Gasteiger charge is -2.15. The summed E-state index contributed by atoms with van der Waals surface area (Å²) >= 11 is 8.25. The molecular formula is C15H15ClN2OS. The molecule has 104 valence electrons. The Labute approximate surface area is 126 Å². The molecule has 0 unspecified atom stereocenters. The summed E-state index contributed by atoms with van der Waals surface area (Å²) in [6.45, 7) is 3.55. The first kappa shape index (κ1) is 12.6. The highest BCUT2D eigenvalue weighted by Gasteiger charge is 2.41. The highest BCUT2D eigenvalue weighted by Crippen LogP contribution is 2.37. The standard InChI is InChI=1S/C15H15ClN2OS/c16-14-10-3-1-2-4-12(10)20-13(14)8-18-6-9-5-17-15(19)11(9)7-18/h1-4,9,11H,5-8H2,(H,17,19)/t9-,11+/m0/s1. The monoisotopic (exact) mass is 306 g/mol. The number of nitrogens with one attached hydrogen (secondary N) is 1. The molecule has 4 rings (SSSR count). The SMILES string of the molecule is O=C1NC[C@H]2CN(Cc3sc4ccccc4c3Cl)C[C@@H]12. The van der Waals surface area contributed by atoms with Crippen LogP contribution in [0, 0.1) is 11.8 Å². The highest BCUT2D eigenvalue weighted by atomic mass is 35.5. The number of carbonyl (C=O) groups excluding carboxylic acids is 1. The molecule has 1 aromatic heterocycles. The van der Waals surface area contributed by atoms with E-state index in [1.807, 2.05) is 12.1 Å². The molecule has 1 amide bonds. The molecular weight excluding hydrogens is 292 g/mol. The van der Waals surface area contributed by atoms with E-state index in [1.165, 1.54) is 9.58 Å². The molecule has 2 aromatic rings. The van der Waals surface area contributed by atoms with E-state index in [4.69, 9.17) is 11.6 Å². The van der Waals surface area contributed by atoms with E-state index in [9.17, 15) is 4.79 Å². The van der Waals surface area contributed by atoms with Gasteiger partial charge in [-0.3, -0.25) is 9.69 Å². The van der Waals surface area contributed by atoms with E-state index >= 15 is 0 Å². The van der Waals surface area contributed by atoms with Gasteiger partial charge < -0.3 is 5.32 Å². The second-order valence-corrected chi connectivity index (χ2v) is 7.16. The molecule has 2 saturated heterocycles. The highest BCUT2D eigenvalue weighted by molar-refractivity contribution is 7.19. The number of amides is 1. The largest absolute Gasteiger partial charge is 0.355 e. The fraction of sp³-hybridized carbons (Fsp3) is 0.400. The van der Waals surface area contributed by atoms with Crippen LogP contribution in [0.4, 0.5) is 0 Å². The van der Waals surface area contributed by atoms with Crippen LogP contribution in [0.5, 0.6) is 0 Å². The first-order chi connectivity index (χ1) is 9.72. The molecule has 5 heteroatoms. The number of carbonyl (C=O) groups is 1. The molecule has 0 aliphatic carbocycles. The van der Waals surface area contributed by atoms with E-state index in [1.54, 1.807) is 11.3 Å². The molecule has 2 atom stereocenters. The van der Waals surface area contributed by atoms with Crippen LogP contribution >= 0.6 is 22.9 Å². The second-order valence-electron chi connectivity index (χ2n) is 5.64. The van der Waals surface area contributed by atoms with Gasteiger partial charge in [0, 0.05) is 47.1 Å². The Kier molecular flexibility index (Phi) is 2.98. The molecule has 0 radical (unpaired) electrons. The molecule has 0 bridgehead atoms. The minimum Gasteiger partial charge on any atom is -0.355 e. The molecule has 2 aliphatic rings. The Morgan fingerprint density at radius 3 is 3.00 bits per heavy atom. The lowest BCUT2D eigenvalue weighted by Crippen LogP contribution is -2.28. The number of benzene rings is 1. The molecule has 1 N–H and O–H groups in total. The van der Waals surface area contributed by atoms with Crippen LogP contribution in [0.1, 0.15) is 4.88 Å². The summed E-state index contributed by atoms with van der Waals surface area (Å²) in [5, 5.41) is 4.98. The topological polar surface area (TPSA) is 32.3 Å². The van der Waals surface area contributed by atoms with Gasteiger partial charge in [0.1, 0.15) is 0 Å². The van der Waals surface area contributed by atoms with Gasteiger partial charge in [0.25, 0.3) is 0 Å². The maximum Gasteiger partial charge on any atom is 0.224 e. The van der Waals surface area contributed by atoms with Gasteiger partial charge in [-0.25, -0.2) is 0 Å². The first-order valence-electron chi connectivity index (χ1n) is 6.88. The van der Waals surface area contributed by atoms with E-state index in [0.29, 0.717) is 5.92 Å². The number of likely N-dealkylation sites (tertiary alicyclic amines) is 1. The molecule has 3 nitrogen and oxygen atoms in total. The van der Waals surface area contributed by atoms with Crippen molar-refractivity contribution < 1.29 is 4.79 Å². The number of rotatable bonds is 2. The zero-order valence-corrected chi connectivity index (χ0v) is 12.5. The lowest BCUT2D eigenvalue weighted by molar-refractivity contribution is -0.122. The van der Waals surface area contributed by atoms with Crippen molar-refractivity contribution in [3.8, 4) is 0 Å². The maximum absolute atomic E-state index is 11.7. The molecule has 2 aliphatic heterocycles. The van der Waals surface area contributed by atoms with E-state index < -0.39 is 0 Å². The van der Waals surface area contributed by atoms with Crippen LogP contribution in [0.25, 0.3) is 10.1 Å². The van der Waals surface area contributed by atoms with Crippen LogP contribution in [-0.2, 0) is 11.3 Å². The summed E-state index contributed by atoms with van der Waals surface area (Å²) in [5.74, 6) is 0.888. The quantitative estimate of drug-likeness (QED) is 0.925. The van der Waals surface area contributed by atoms with E-state index in [-0.39, 0.29) is 11.8 Å². The maximum atomic E-state index is 11.7. The van der Waals surface area contributed by atoms with Crippen LogP contribution in [0.2, 0.25) is 5.02 Å². The van der Waals surface area contributed by atoms with Crippen LogP contribution in [-0.4, -0.2) is 30.4 Å². The third-order valence-electron chi connectivity index (χ3n) is 4.36. The number of nitrogens with zero attached hydrogens (tertiary/aromatic N) is 1. The number of thiophene rings is 1. The van der Waals surface area contributed by atoms with Crippen molar-refractivity contribution in [1.82, 2.24) is 10.2 Å². The van der Waals surface area contributed by atoms with Gasteiger partial charge in [0.05, 0.1) is 10.9 Å². The predicted molar refractivity (Wildman–Crippen MR) is 82.1 cm³/mol. The Morgan fingerprint density at radius 2 is 2.20 bits per heavy atom. The molecule has 1 aromatic carbocycles. The van der Waals surface area contributed by atoms with Crippen molar-refractivity contribution in [1.29, 1.82) is 0 Å². The number of halogens is 1. The average molecular weight is 307 g/mol. The predicted octanol–water partition coefficient (Wildman–Crippen LogP) is 2.73. The van der Waals surface area contributed by atoms with E-state index in [2.05, 4.69) is 22.3 Å². The summed E-state index contributed by atoms with van der Waals surface area (Å²) in [4.78, 5) is 15.3. The summed E-state index contributed by atoms with van der Waals surface area (Å²) in [6, 6.07) is 8.25. The number of hydrogen-bond acceptors (Lipinski definition) is 3. The van der Waals surface area contributed by atoms with Gasteiger partial charge in [0.2, 0.25) is 5.91 Å². The summed E-state index contributed by atoms with van der Waals surface area (Å²) in [7, 11) is 0. The Balaban J connectivity index is 1.57. The first-order valence-corrected chi connectivity index (χ1v) is 8.08. The summed E-state index contributed by atoms with van der Waals surface area (Å²) in [6.07, 6.45) is 0. The van der Waals surface area contributed by atoms with Gasteiger partial charge in [-0.2, -0.15) is 0 Å². The van der Waals surface area contributed by atoms with Crippen LogP contribution in [0.15, 0.2) is 24.3 Å². The van der Waals surface area contributed by atoms with Crippen molar-refractivity contribution in [2.75, 3.05) is 19.6 Å². The fourth-order valence-corrected chi connectivity index (χ4v) is 4.86. The molecule has 20 heavy (non-hydrogen) atoms. The minimum atomic E-state index is 0.183. The second kappa shape index (κ2) is 4.72. The zero-order chi connectivity index (χ0) is 13.7. The van der Waals surface area contributed by atoms with Crippen molar-refractivity contribution in [3.05, 3.63) is 34.2 Å². The third kappa shape index (κ3) is 1.94. The fourth-order valence-electron chi connectivity index (χ4n) is 3.33. The minimum absolute atomic E-state index is 0.183. The van der Waals surface area contributed by atoms with Crippen molar-refractivity contribution >= 4 is 38.9 Å². The average Bonchev–Trinajstić information content (AvgIpc) is 3.08. The van der Waals surface area contributed by atoms with Gasteiger partial charge >= 0.3 is 0 Å². The Morgan fingerprint density at radius 1 is 1.35 bits per heavy atom. The molecule has 0 saturated carbocycles. The smallest absolute Gasteiger partial charge is 0.224 e. The third-order valence-corrected chi connectivity index (χ3v) is 6.06. The Hall–Kier alpha value is -1.10. The Bertz CT molecular complexity index is 684. The summed E-state index contributed by atoms with van der Waals surface area (Å²) in [5.41, 5.74) is 0. The van der Waals surface area contributed by atoms with Gasteiger partial charge in [-0.05, 0) is 6.07 Å². The lowest BCUT2D eigenvalue weighted by atomic mass is 10.0. The summed E-state index contributed by atoms with van der Waals surface area (Å²) < 4.78 is 1.24. The van der Waals surface area contributed by atoms with Crippen LogP contribution in [0.3, 0.4) is 0 Å². The number of fused-ring (bicyclic) bond motifs is 2. The number of hydrogen-bond donors (Lipinski definition) is 1. The normalized spacial score (nSPS) is 26.1. The van der Waals surface area contributed by atoms with Crippen molar-refractivity contribution in [2.45, 2.75) is 6.54 Å². The molecule has 3 heterocycles. The van der Waals surface area contributed by atoms with Crippen LogP contribution < -0.4 is 5.32 Å². The van der Waals surface area contributed by atoms with E-state index in [0.717, 1.165) is 36.6 Å². The van der Waals surface area contributed by atoms with Crippen molar-refractivity contribution in [2.24, 2.45) is 11.8 Å². The van der Waals surface area contributed by atoms with Gasteiger partial charge in [-0.15, -0.1) is 11.3 Å². The zero-order valence-electron chi connectivity index (χ0n) is 10.9.